The molecule has 0 saturated heterocycles. The average molecular weight is 207 g/mol. The molecule has 0 aliphatic rings. The van der Waals surface area contributed by atoms with Gasteiger partial charge in [-0.15, -0.1) is 0 Å². The lowest BCUT2D eigenvalue weighted by molar-refractivity contribution is 0.272. The van der Waals surface area contributed by atoms with E-state index in [9.17, 15) is 0 Å². The van der Waals surface area contributed by atoms with Gasteiger partial charge in [0.25, 0.3) is 0 Å². The third-order valence-electron chi connectivity index (χ3n) is 2.46. The Morgan fingerprint density at radius 2 is 2.27 bits per heavy atom. The molecule has 3 nitrogen and oxygen atoms in total. The summed E-state index contributed by atoms with van der Waals surface area (Å²) in [6, 6.07) is 6.09. The Balaban J connectivity index is 2.33. The van der Waals surface area contributed by atoms with Gasteiger partial charge < -0.3 is 5.32 Å². The highest BCUT2D eigenvalue weighted by Crippen LogP contribution is 2.01. The van der Waals surface area contributed by atoms with Crippen molar-refractivity contribution >= 4 is 0 Å². The smallest absolute Gasteiger partial charge is 0.0543 e. The number of pyridine rings is 1. The quantitative estimate of drug-likeness (QED) is 0.687. The van der Waals surface area contributed by atoms with E-state index in [4.69, 9.17) is 0 Å². The van der Waals surface area contributed by atoms with Gasteiger partial charge in [-0.2, -0.15) is 0 Å². The third kappa shape index (κ3) is 4.91. The van der Waals surface area contributed by atoms with Crippen LogP contribution in [-0.2, 0) is 6.54 Å². The van der Waals surface area contributed by atoms with Crippen molar-refractivity contribution in [3.63, 3.8) is 0 Å². The lowest BCUT2D eigenvalue weighted by atomic mass is 10.3. The van der Waals surface area contributed by atoms with Crippen LogP contribution < -0.4 is 5.32 Å². The zero-order valence-corrected chi connectivity index (χ0v) is 9.74. The summed E-state index contributed by atoms with van der Waals surface area (Å²) in [5, 5.41) is 3.17. The Hall–Kier alpha value is -0.930. The fourth-order valence-corrected chi connectivity index (χ4v) is 1.55. The maximum Gasteiger partial charge on any atom is 0.0543 e. The topological polar surface area (TPSA) is 28.2 Å². The van der Waals surface area contributed by atoms with E-state index in [1.807, 2.05) is 25.4 Å². The first-order valence-corrected chi connectivity index (χ1v) is 5.63. The van der Waals surface area contributed by atoms with Gasteiger partial charge in [0.15, 0.2) is 0 Å². The minimum atomic E-state index is 0.959. The van der Waals surface area contributed by atoms with E-state index < -0.39 is 0 Å². The molecule has 0 atom stereocenters. The molecular weight excluding hydrogens is 186 g/mol. The van der Waals surface area contributed by atoms with Crippen LogP contribution in [0.3, 0.4) is 0 Å². The molecule has 1 aromatic heterocycles. The molecule has 0 amide bonds. The summed E-state index contributed by atoms with van der Waals surface area (Å²) in [6.07, 6.45) is 3.05. The van der Waals surface area contributed by atoms with Gasteiger partial charge in [0.1, 0.15) is 0 Å². The summed E-state index contributed by atoms with van der Waals surface area (Å²) in [7, 11) is 2.00. The summed E-state index contributed by atoms with van der Waals surface area (Å²) in [6.45, 7) is 6.45. The van der Waals surface area contributed by atoms with Crippen LogP contribution in [0.1, 0.15) is 19.0 Å². The molecular formula is C12H21N3. The zero-order chi connectivity index (χ0) is 10.9. The van der Waals surface area contributed by atoms with Gasteiger partial charge in [-0.25, -0.2) is 0 Å². The highest BCUT2D eigenvalue weighted by molar-refractivity contribution is 5.03. The van der Waals surface area contributed by atoms with Crippen molar-refractivity contribution in [3.8, 4) is 0 Å². The molecule has 0 aromatic carbocycles. The monoisotopic (exact) mass is 207 g/mol. The van der Waals surface area contributed by atoms with Gasteiger partial charge in [-0.3, -0.25) is 9.88 Å². The van der Waals surface area contributed by atoms with Gasteiger partial charge in [0.05, 0.1) is 5.69 Å². The number of nitrogens with zero attached hydrogens (tertiary/aromatic N) is 2. The maximum absolute atomic E-state index is 4.34. The summed E-state index contributed by atoms with van der Waals surface area (Å²) < 4.78 is 0. The van der Waals surface area contributed by atoms with E-state index in [1.165, 1.54) is 6.42 Å². The lowest BCUT2D eigenvalue weighted by Gasteiger charge is -2.19. The van der Waals surface area contributed by atoms with Gasteiger partial charge in [-0.1, -0.05) is 13.0 Å². The average Bonchev–Trinajstić information content (AvgIpc) is 2.29. The summed E-state index contributed by atoms with van der Waals surface area (Å²) >= 11 is 0. The van der Waals surface area contributed by atoms with Crippen LogP contribution in [0.4, 0.5) is 0 Å². The first kappa shape index (κ1) is 12.1. The molecule has 1 aromatic rings. The first-order valence-electron chi connectivity index (χ1n) is 5.63. The summed E-state index contributed by atoms with van der Waals surface area (Å²) in [5.41, 5.74) is 1.16. The molecule has 0 bridgehead atoms. The molecule has 84 valence electrons. The second-order valence-corrected chi connectivity index (χ2v) is 3.65. The van der Waals surface area contributed by atoms with Crippen LogP contribution >= 0.6 is 0 Å². The van der Waals surface area contributed by atoms with Crippen molar-refractivity contribution < 1.29 is 0 Å². The fraction of sp³-hybridized carbons (Fsp3) is 0.583. The normalized spacial score (nSPS) is 10.9. The Bertz CT molecular complexity index is 248. The van der Waals surface area contributed by atoms with Crippen LogP contribution in [0.25, 0.3) is 0 Å². The summed E-state index contributed by atoms with van der Waals surface area (Å²) in [5.74, 6) is 0. The minimum absolute atomic E-state index is 0.959. The second-order valence-electron chi connectivity index (χ2n) is 3.65. The minimum Gasteiger partial charge on any atom is -0.320 e. The van der Waals surface area contributed by atoms with Gasteiger partial charge in [0, 0.05) is 12.7 Å². The van der Waals surface area contributed by atoms with Crippen LogP contribution in [0, 0.1) is 0 Å². The highest BCUT2D eigenvalue weighted by atomic mass is 15.1. The van der Waals surface area contributed by atoms with Gasteiger partial charge in [-0.05, 0) is 45.2 Å². The largest absolute Gasteiger partial charge is 0.320 e. The van der Waals surface area contributed by atoms with Gasteiger partial charge in [0.2, 0.25) is 0 Å². The predicted octanol–water partition coefficient (Wildman–Crippen LogP) is 1.51. The van der Waals surface area contributed by atoms with Crippen molar-refractivity contribution in [3.05, 3.63) is 30.1 Å². The van der Waals surface area contributed by atoms with Gasteiger partial charge >= 0.3 is 0 Å². The van der Waals surface area contributed by atoms with Crippen molar-refractivity contribution in [2.24, 2.45) is 0 Å². The second kappa shape index (κ2) is 7.37. The molecule has 0 fully saturated rings. The molecule has 1 heterocycles. The van der Waals surface area contributed by atoms with Crippen molar-refractivity contribution in [2.75, 3.05) is 26.7 Å². The molecule has 15 heavy (non-hydrogen) atoms. The van der Waals surface area contributed by atoms with E-state index >= 15 is 0 Å². The Kier molecular flexibility index (Phi) is 5.97. The molecule has 0 spiro atoms. The molecule has 0 saturated carbocycles. The highest BCUT2D eigenvalue weighted by Gasteiger charge is 2.03. The summed E-state index contributed by atoms with van der Waals surface area (Å²) in [4.78, 5) is 6.75. The maximum atomic E-state index is 4.34. The SMILES string of the molecule is CCN(CCCNC)Cc1ccccn1. The predicted molar refractivity (Wildman–Crippen MR) is 63.7 cm³/mol. The zero-order valence-electron chi connectivity index (χ0n) is 9.74. The van der Waals surface area contributed by atoms with Crippen LogP contribution in [0.5, 0.6) is 0 Å². The molecule has 0 aliphatic heterocycles. The van der Waals surface area contributed by atoms with E-state index in [0.717, 1.165) is 31.9 Å². The van der Waals surface area contributed by atoms with Crippen molar-refractivity contribution in [1.82, 2.24) is 15.2 Å². The molecule has 0 radical (unpaired) electrons. The van der Waals surface area contributed by atoms with E-state index in [2.05, 4.69) is 28.2 Å². The number of hydrogen-bond acceptors (Lipinski definition) is 3. The third-order valence-corrected chi connectivity index (χ3v) is 2.46. The van der Waals surface area contributed by atoms with E-state index in [0.29, 0.717) is 0 Å². The van der Waals surface area contributed by atoms with Crippen LogP contribution in [0.2, 0.25) is 0 Å². The molecule has 0 aliphatic carbocycles. The van der Waals surface area contributed by atoms with E-state index in [1.54, 1.807) is 0 Å². The number of hydrogen-bond donors (Lipinski definition) is 1. The van der Waals surface area contributed by atoms with Crippen molar-refractivity contribution in [2.45, 2.75) is 19.9 Å². The molecule has 3 heteroatoms. The Morgan fingerprint density at radius 3 is 2.87 bits per heavy atom. The molecule has 1 N–H and O–H groups in total. The number of nitrogens with one attached hydrogen (secondary N) is 1. The Morgan fingerprint density at radius 1 is 1.40 bits per heavy atom. The fourth-order valence-electron chi connectivity index (χ4n) is 1.55. The van der Waals surface area contributed by atoms with Crippen molar-refractivity contribution in [1.29, 1.82) is 0 Å². The lowest BCUT2D eigenvalue weighted by Crippen LogP contribution is -2.26. The number of rotatable bonds is 7. The standard InChI is InChI=1S/C12H21N3/c1-3-15(10-6-8-13-2)11-12-7-4-5-9-14-12/h4-5,7,9,13H,3,6,8,10-11H2,1-2H3. The van der Waals surface area contributed by atoms with E-state index in [-0.39, 0.29) is 0 Å². The first-order chi connectivity index (χ1) is 7.36. The molecule has 1 rings (SSSR count). The van der Waals surface area contributed by atoms with Crippen LogP contribution in [-0.4, -0.2) is 36.6 Å². The molecule has 0 unspecified atom stereocenters. The Labute approximate surface area is 92.5 Å². The van der Waals surface area contributed by atoms with Crippen LogP contribution in [0.15, 0.2) is 24.4 Å². The number of aromatic nitrogens is 1.